The summed E-state index contributed by atoms with van der Waals surface area (Å²) in [5.41, 5.74) is 8.92. The Labute approximate surface area is 111 Å². The number of nitrogens with zero attached hydrogens (tertiary/aromatic N) is 3. The summed E-state index contributed by atoms with van der Waals surface area (Å²) in [6.07, 6.45) is 1.47. The van der Waals surface area contributed by atoms with Crippen LogP contribution in [-0.4, -0.2) is 32.1 Å². The molecule has 0 fully saturated rings. The maximum Gasteiger partial charge on any atom is 0.274 e. The Bertz CT molecular complexity index is 627. The predicted octanol–water partition coefficient (Wildman–Crippen LogP) is 1.32. The Morgan fingerprint density at radius 1 is 1.47 bits per heavy atom. The zero-order valence-electron chi connectivity index (χ0n) is 11.1. The SMILES string of the molecule is Cc1ccc2n1CCN(C(=O)c1[nH]ncc1N)C2C. The molecule has 0 radical (unpaired) electrons. The lowest BCUT2D eigenvalue weighted by molar-refractivity contribution is 0.0638. The first-order valence-electron chi connectivity index (χ1n) is 6.35. The van der Waals surface area contributed by atoms with Gasteiger partial charge in [0, 0.05) is 24.5 Å². The molecule has 3 N–H and O–H groups in total. The monoisotopic (exact) mass is 259 g/mol. The highest BCUT2D eigenvalue weighted by atomic mass is 16.2. The van der Waals surface area contributed by atoms with Gasteiger partial charge in [-0.1, -0.05) is 0 Å². The molecular formula is C13H17N5O. The molecule has 3 rings (SSSR count). The average molecular weight is 259 g/mol. The lowest BCUT2D eigenvalue weighted by Gasteiger charge is -2.35. The molecule has 0 aromatic carbocycles. The molecular weight excluding hydrogens is 242 g/mol. The number of anilines is 1. The molecule has 0 saturated carbocycles. The minimum absolute atomic E-state index is 0.0395. The topological polar surface area (TPSA) is 79.9 Å². The van der Waals surface area contributed by atoms with E-state index in [-0.39, 0.29) is 11.9 Å². The summed E-state index contributed by atoms with van der Waals surface area (Å²) in [6, 6.07) is 4.21. The third-order valence-electron chi connectivity index (χ3n) is 3.84. The Morgan fingerprint density at radius 3 is 2.95 bits per heavy atom. The first kappa shape index (κ1) is 11.8. The first-order chi connectivity index (χ1) is 9.09. The maximum absolute atomic E-state index is 12.5. The summed E-state index contributed by atoms with van der Waals surface area (Å²) in [5.74, 6) is -0.0902. The van der Waals surface area contributed by atoms with E-state index in [0.717, 1.165) is 12.2 Å². The van der Waals surface area contributed by atoms with Gasteiger partial charge in [-0.3, -0.25) is 9.89 Å². The molecule has 0 aliphatic carbocycles. The number of nitrogen functional groups attached to an aromatic ring is 1. The number of amides is 1. The van der Waals surface area contributed by atoms with Gasteiger partial charge >= 0.3 is 0 Å². The Hall–Kier alpha value is -2.24. The smallest absolute Gasteiger partial charge is 0.274 e. The van der Waals surface area contributed by atoms with Gasteiger partial charge in [0.2, 0.25) is 0 Å². The second-order valence-electron chi connectivity index (χ2n) is 4.93. The lowest BCUT2D eigenvalue weighted by Crippen LogP contribution is -2.41. The van der Waals surface area contributed by atoms with E-state index in [2.05, 4.69) is 33.8 Å². The molecule has 0 bridgehead atoms. The van der Waals surface area contributed by atoms with Crippen LogP contribution < -0.4 is 5.73 Å². The van der Waals surface area contributed by atoms with Crippen LogP contribution in [0, 0.1) is 6.92 Å². The van der Waals surface area contributed by atoms with Crippen LogP contribution in [0.15, 0.2) is 18.3 Å². The largest absolute Gasteiger partial charge is 0.396 e. The standard InChI is InChI=1S/C13H17N5O/c1-8-3-4-11-9(2)18(6-5-17(8)11)13(19)12-10(14)7-15-16-12/h3-4,7,9H,5-6,14H2,1-2H3,(H,15,16). The summed E-state index contributed by atoms with van der Waals surface area (Å²) < 4.78 is 2.25. The average Bonchev–Trinajstić information content (AvgIpc) is 2.97. The van der Waals surface area contributed by atoms with E-state index in [0.29, 0.717) is 17.9 Å². The summed E-state index contributed by atoms with van der Waals surface area (Å²) in [7, 11) is 0. The molecule has 1 unspecified atom stereocenters. The van der Waals surface area contributed by atoms with Crippen molar-refractivity contribution in [2.24, 2.45) is 0 Å². The third kappa shape index (κ3) is 1.71. The van der Waals surface area contributed by atoms with E-state index in [1.54, 1.807) is 0 Å². The van der Waals surface area contributed by atoms with Crippen molar-refractivity contribution in [1.82, 2.24) is 19.7 Å². The van der Waals surface area contributed by atoms with Crippen molar-refractivity contribution in [2.45, 2.75) is 26.4 Å². The molecule has 2 aromatic rings. The van der Waals surface area contributed by atoms with Gasteiger partial charge in [-0.05, 0) is 26.0 Å². The molecule has 3 heterocycles. The summed E-state index contributed by atoms with van der Waals surface area (Å²) >= 11 is 0. The summed E-state index contributed by atoms with van der Waals surface area (Å²) in [5, 5.41) is 6.49. The number of aryl methyl sites for hydroxylation is 1. The van der Waals surface area contributed by atoms with Gasteiger partial charge in [0.1, 0.15) is 5.69 Å². The second kappa shape index (κ2) is 4.15. The van der Waals surface area contributed by atoms with E-state index < -0.39 is 0 Å². The summed E-state index contributed by atoms with van der Waals surface area (Å²) in [6.45, 7) is 5.62. The predicted molar refractivity (Wildman–Crippen MR) is 71.6 cm³/mol. The quantitative estimate of drug-likeness (QED) is 0.810. The summed E-state index contributed by atoms with van der Waals surface area (Å²) in [4.78, 5) is 14.3. The van der Waals surface area contributed by atoms with Crippen molar-refractivity contribution in [2.75, 3.05) is 12.3 Å². The van der Waals surface area contributed by atoms with Crippen LogP contribution in [-0.2, 0) is 6.54 Å². The van der Waals surface area contributed by atoms with Crippen molar-refractivity contribution in [3.63, 3.8) is 0 Å². The highest BCUT2D eigenvalue weighted by molar-refractivity contribution is 5.97. The molecule has 0 saturated heterocycles. The zero-order chi connectivity index (χ0) is 13.6. The number of rotatable bonds is 1. The number of fused-ring (bicyclic) bond motifs is 1. The number of carbonyl (C=O) groups is 1. The number of aromatic nitrogens is 3. The van der Waals surface area contributed by atoms with E-state index in [1.807, 2.05) is 11.8 Å². The normalized spacial score (nSPS) is 18.4. The van der Waals surface area contributed by atoms with Gasteiger partial charge in [-0.25, -0.2) is 0 Å². The lowest BCUT2D eigenvalue weighted by atomic mass is 10.1. The van der Waals surface area contributed by atoms with Gasteiger partial charge < -0.3 is 15.2 Å². The van der Waals surface area contributed by atoms with Crippen LogP contribution in [0.3, 0.4) is 0 Å². The van der Waals surface area contributed by atoms with E-state index >= 15 is 0 Å². The Balaban J connectivity index is 1.92. The molecule has 0 spiro atoms. The van der Waals surface area contributed by atoms with Crippen molar-refractivity contribution >= 4 is 11.6 Å². The molecule has 6 heteroatoms. The molecule has 1 atom stereocenters. The number of hydrogen-bond acceptors (Lipinski definition) is 3. The zero-order valence-corrected chi connectivity index (χ0v) is 11.1. The number of carbonyl (C=O) groups excluding carboxylic acids is 1. The van der Waals surface area contributed by atoms with Crippen LogP contribution in [0.2, 0.25) is 0 Å². The van der Waals surface area contributed by atoms with Crippen molar-refractivity contribution < 1.29 is 4.79 Å². The van der Waals surface area contributed by atoms with E-state index in [1.165, 1.54) is 11.9 Å². The van der Waals surface area contributed by atoms with Crippen molar-refractivity contribution in [1.29, 1.82) is 0 Å². The first-order valence-corrected chi connectivity index (χ1v) is 6.35. The molecule has 1 aliphatic heterocycles. The Kier molecular flexibility index (Phi) is 2.58. The number of aromatic amines is 1. The molecule has 100 valence electrons. The highest BCUT2D eigenvalue weighted by Crippen LogP contribution is 2.28. The van der Waals surface area contributed by atoms with Crippen molar-refractivity contribution in [3.8, 4) is 0 Å². The minimum atomic E-state index is -0.0902. The van der Waals surface area contributed by atoms with Gasteiger partial charge in [-0.15, -0.1) is 0 Å². The minimum Gasteiger partial charge on any atom is -0.396 e. The van der Waals surface area contributed by atoms with Gasteiger partial charge in [0.05, 0.1) is 17.9 Å². The molecule has 1 aliphatic rings. The van der Waals surface area contributed by atoms with Crippen LogP contribution in [0.1, 0.15) is 34.8 Å². The van der Waals surface area contributed by atoms with E-state index in [4.69, 9.17) is 5.73 Å². The highest BCUT2D eigenvalue weighted by Gasteiger charge is 2.30. The molecule has 6 nitrogen and oxygen atoms in total. The van der Waals surface area contributed by atoms with Gasteiger partial charge in [0.25, 0.3) is 5.91 Å². The number of nitrogens with two attached hydrogens (primary N) is 1. The maximum atomic E-state index is 12.5. The van der Waals surface area contributed by atoms with Crippen LogP contribution in [0.25, 0.3) is 0 Å². The number of nitrogens with one attached hydrogen (secondary N) is 1. The molecule has 1 amide bonds. The Morgan fingerprint density at radius 2 is 2.26 bits per heavy atom. The fourth-order valence-corrected chi connectivity index (χ4v) is 2.71. The molecule has 19 heavy (non-hydrogen) atoms. The third-order valence-corrected chi connectivity index (χ3v) is 3.84. The van der Waals surface area contributed by atoms with Crippen LogP contribution in [0.4, 0.5) is 5.69 Å². The fourth-order valence-electron chi connectivity index (χ4n) is 2.71. The number of hydrogen-bond donors (Lipinski definition) is 2. The fraction of sp³-hybridized carbons (Fsp3) is 0.385. The van der Waals surface area contributed by atoms with Gasteiger partial charge in [-0.2, -0.15) is 5.10 Å². The van der Waals surface area contributed by atoms with Gasteiger partial charge in [0.15, 0.2) is 0 Å². The van der Waals surface area contributed by atoms with Crippen molar-refractivity contribution in [3.05, 3.63) is 35.4 Å². The second-order valence-corrected chi connectivity index (χ2v) is 4.93. The van der Waals surface area contributed by atoms with E-state index in [9.17, 15) is 4.79 Å². The van der Waals surface area contributed by atoms with Crippen LogP contribution in [0.5, 0.6) is 0 Å². The molecule has 2 aromatic heterocycles. The number of H-pyrrole nitrogens is 1. The van der Waals surface area contributed by atoms with Crippen LogP contribution >= 0.6 is 0 Å².